The number of hydrogen-bond donors (Lipinski definition) is 6. The van der Waals surface area contributed by atoms with Crippen molar-refractivity contribution in [2.24, 2.45) is 11.7 Å². The highest BCUT2D eigenvalue weighted by Crippen LogP contribution is 2.23. The highest BCUT2D eigenvalue weighted by Gasteiger charge is 2.34. The van der Waals surface area contributed by atoms with Crippen LogP contribution in [0.15, 0.2) is 40.4 Å². The summed E-state index contributed by atoms with van der Waals surface area (Å²) in [4.78, 5) is 36.5. The molecule has 1 aromatic carbocycles. The second-order valence-electron chi connectivity index (χ2n) is 7.62. The van der Waals surface area contributed by atoms with Gasteiger partial charge in [0.1, 0.15) is 12.1 Å². The van der Waals surface area contributed by atoms with Gasteiger partial charge in [-0.1, -0.05) is 32.1 Å². The van der Waals surface area contributed by atoms with Crippen LogP contribution in [0.4, 0.5) is 10.5 Å². The summed E-state index contributed by atoms with van der Waals surface area (Å²) < 4.78 is 0.669. The number of aliphatic hydroxyl groups is 2. The zero-order valence-corrected chi connectivity index (χ0v) is 18.3. The van der Waals surface area contributed by atoms with Crippen molar-refractivity contribution in [2.45, 2.75) is 51.0 Å². The van der Waals surface area contributed by atoms with Gasteiger partial charge in [0.25, 0.3) is 0 Å². The molecular weight excluding hydrogens is 456 g/mol. The van der Waals surface area contributed by atoms with Crippen molar-refractivity contribution in [3.05, 3.63) is 40.4 Å². The van der Waals surface area contributed by atoms with Gasteiger partial charge < -0.3 is 31.9 Å². The van der Waals surface area contributed by atoms with Gasteiger partial charge in [0.15, 0.2) is 0 Å². The Morgan fingerprint density at radius 3 is 2.50 bits per heavy atom. The Kier molecular flexibility index (Phi) is 8.39. The third-order valence-electron chi connectivity index (χ3n) is 4.64. The van der Waals surface area contributed by atoms with E-state index in [1.54, 1.807) is 24.3 Å². The van der Waals surface area contributed by atoms with Crippen molar-refractivity contribution >= 4 is 39.5 Å². The normalized spacial score (nSPS) is 22.1. The summed E-state index contributed by atoms with van der Waals surface area (Å²) in [5, 5.41) is 28.1. The lowest BCUT2D eigenvalue weighted by Crippen LogP contribution is -2.53. The standard InChI is InChI=1S/C20H27BrN4O5/c1-10(2)7-15(18(22)28)23-19(29)11-8-14(17(27)16(26)9-11)25-20(30)24-13-6-4-3-5-12(13)21/h3-6,8,10,14-17,26-27H,7,9H2,1-2H3,(H2,22,28)(H,23,29)(H2,24,25,30). The maximum Gasteiger partial charge on any atom is 0.319 e. The van der Waals surface area contributed by atoms with Crippen LogP contribution in [0.25, 0.3) is 0 Å². The molecule has 1 aliphatic rings. The lowest BCUT2D eigenvalue weighted by atomic mass is 9.89. The molecule has 0 bridgehead atoms. The van der Waals surface area contributed by atoms with E-state index < -0.39 is 42.1 Å². The van der Waals surface area contributed by atoms with E-state index in [9.17, 15) is 24.6 Å². The molecule has 0 radical (unpaired) electrons. The zero-order chi connectivity index (χ0) is 22.4. The summed E-state index contributed by atoms with van der Waals surface area (Å²) in [5.74, 6) is -1.11. The van der Waals surface area contributed by atoms with E-state index in [0.717, 1.165) is 0 Å². The maximum absolute atomic E-state index is 12.6. The molecule has 4 unspecified atom stereocenters. The van der Waals surface area contributed by atoms with Crippen LogP contribution in [0.3, 0.4) is 0 Å². The van der Waals surface area contributed by atoms with Crippen molar-refractivity contribution in [2.75, 3.05) is 5.32 Å². The summed E-state index contributed by atoms with van der Waals surface area (Å²) in [6.07, 6.45) is -0.935. The fourth-order valence-corrected chi connectivity index (χ4v) is 3.49. The Bertz CT molecular complexity index is 829. The third-order valence-corrected chi connectivity index (χ3v) is 5.33. The third kappa shape index (κ3) is 6.54. The van der Waals surface area contributed by atoms with Crippen LogP contribution >= 0.6 is 15.9 Å². The van der Waals surface area contributed by atoms with E-state index in [2.05, 4.69) is 31.9 Å². The molecule has 30 heavy (non-hydrogen) atoms. The molecule has 164 valence electrons. The van der Waals surface area contributed by atoms with Gasteiger partial charge in [-0.3, -0.25) is 9.59 Å². The number of aliphatic hydroxyl groups excluding tert-OH is 2. The molecule has 1 aliphatic carbocycles. The van der Waals surface area contributed by atoms with Crippen molar-refractivity contribution < 1.29 is 24.6 Å². The molecule has 0 aliphatic heterocycles. The lowest BCUT2D eigenvalue weighted by molar-refractivity contribution is -0.126. The molecule has 2 rings (SSSR count). The number of carbonyl (C=O) groups is 3. The Morgan fingerprint density at radius 2 is 1.90 bits per heavy atom. The van der Waals surface area contributed by atoms with Crippen LogP contribution in [0.1, 0.15) is 26.7 Å². The average molecular weight is 483 g/mol. The number of anilines is 1. The number of hydrogen-bond acceptors (Lipinski definition) is 5. The molecule has 4 atom stereocenters. The first-order chi connectivity index (χ1) is 14.1. The second-order valence-corrected chi connectivity index (χ2v) is 8.47. The Morgan fingerprint density at radius 1 is 1.23 bits per heavy atom. The molecule has 0 fully saturated rings. The van der Waals surface area contributed by atoms with E-state index in [1.807, 2.05) is 13.8 Å². The number of urea groups is 1. The van der Waals surface area contributed by atoms with Gasteiger partial charge in [0.05, 0.1) is 17.8 Å². The summed E-state index contributed by atoms with van der Waals surface area (Å²) in [6.45, 7) is 3.79. The Balaban J connectivity index is 2.10. The van der Waals surface area contributed by atoms with Gasteiger partial charge in [-0.05, 0) is 40.4 Å². The molecular formula is C20H27BrN4O5. The first-order valence-electron chi connectivity index (χ1n) is 9.57. The van der Waals surface area contributed by atoms with Crippen molar-refractivity contribution in [3.63, 3.8) is 0 Å². The van der Waals surface area contributed by atoms with Gasteiger partial charge in [0.2, 0.25) is 11.8 Å². The molecule has 9 nitrogen and oxygen atoms in total. The van der Waals surface area contributed by atoms with Gasteiger partial charge >= 0.3 is 6.03 Å². The second kappa shape index (κ2) is 10.6. The fourth-order valence-electron chi connectivity index (χ4n) is 3.11. The van der Waals surface area contributed by atoms with Crippen molar-refractivity contribution in [3.8, 4) is 0 Å². The zero-order valence-electron chi connectivity index (χ0n) is 16.8. The lowest BCUT2D eigenvalue weighted by Gasteiger charge is -2.31. The molecule has 7 N–H and O–H groups in total. The molecule has 10 heteroatoms. The number of amides is 4. The van der Waals surface area contributed by atoms with Crippen LogP contribution in [0.2, 0.25) is 0 Å². The van der Waals surface area contributed by atoms with Crippen LogP contribution in [-0.2, 0) is 9.59 Å². The predicted molar refractivity (Wildman–Crippen MR) is 115 cm³/mol. The van der Waals surface area contributed by atoms with Crippen LogP contribution in [0.5, 0.6) is 0 Å². The number of nitrogens with two attached hydrogens (primary N) is 1. The van der Waals surface area contributed by atoms with E-state index in [0.29, 0.717) is 16.6 Å². The SMILES string of the molecule is CC(C)CC(NC(=O)C1=CC(NC(=O)Nc2ccccc2Br)C(O)C(O)C1)C(N)=O. The van der Waals surface area contributed by atoms with Crippen molar-refractivity contribution in [1.29, 1.82) is 0 Å². The van der Waals surface area contributed by atoms with Crippen LogP contribution < -0.4 is 21.7 Å². The maximum atomic E-state index is 12.6. The number of benzene rings is 1. The quantitative estimate of drug-likeness (QED) is 0.342. The molecule has 0 aromatic heterocycles. The number of nitrogens with one attached hydrogen (secondary N) is 3. The van der Waals surface area contributed by atoms with Crippen LogP contribution in [0, 0.1) is 5.92 Å². The average Bonchev–Trinajstić information content (AvgIpc) is 2.66. The Labute approximate surface area is 183 Å². The molecule has 0 spiro atoms. The molecule has 0 heterocycles. The molecule has 0 saturated carbocycles. The number of para-hydroxylation sites is 1. The Hall–Kier alpha value is -2.43. The minimum absolute atomic E-state index is 0.121. The number of primary amides is 1. The first-order valence-corrected chi connectivity index (χ1v) is 10.4. The molecule has 4 amide bonds. The minimum Gasteiger partial charge on any atom is -0.390 e. The molecule has 0 saturated heterocycles. The summed E-state index contributed by atoms with van der Waals surface area (Å²) in [5.41, 5.74) is 6.02. The van der Waals surface area contributed by atoms with Gasteiger partial charge in [-0.15, -0.1) is 0 Å². The summed E-state index contributed by atoms with van der Waals surface area (Å²) >= 11 is 3.32. The topological polar surface area (TPSA) is 154 Å². The highest BCUT2D eigenvalue weighted by molar-refractivity contribution is 9.10. The van der Waals surface area contributed by atoms with E-state index in [1.165, 1.54) is 6.08 Å². The van der Waals surface area contributed by atoms with E-state index in [-0.39, 0.29) is 17.9 Å². The van der Waals surface area contributed by atoms with Gasteiger partial charge in [0, 0.05) is 16.5 Å². The van der Waals surface area contributed by atoms with Gasteiger partial charge in [-0.2, -0.15) is 0 Å². The van der Waals surface area contributed by atoms with E-state index >= 15 is 0 Å². The number of rotatable bonds is 7. The fraction of sp³-hybridized carbons (Fsp3) is 0.450. The van der Waals surface area contributed by atoms with Crippen LogP contribution in [-0.4, -0.2) is 52.4 Å². The largest absolute Gasteiger partial charge is 0.390 e. The summed E-state index contributed by atoms with van der Waals surface area (Å²) in [7, 11) is 0. The first kappa shape index (κ1) is 23.8. The monoisotopic (exact) mass is 482 g/mol. The predicted octanol–water partition coefficient (Wildman–Crippen LogP) is 1.01. The highest BCUT2D eigenvalue weighted by atomic mass is 79.9. The number of carbonyl (C=O) groups excluding carboxylic acids is 3. The van der Waals surface area contributed by atoms with Gasteiger partial charge in [-0.25, -0.2) is 4.79 Å². The molecule has 1 aromatic rings. The smallest absolute Gasteiger partial charge is 0.319 e. The minimum atomic E-state index is -1.30. The van der Waals surface area contributed by atoms with Crippen molar-refractivity contribution in [1.82, 2.24) is 10.6 Å². The van der Waals surface area contributed by atoms with E-state index in [4.69, 9.17) is 5.73 Å². The summed E-state index contributed by atoms with van der Waals surface area (Å²) in [6, 6.07) is 4.49. The number of halogens is 1.